The minimum absolute atomic E-state index is 0.174. The molecule has 1 fully saturated rings. The quantitative estimate of drug-likeness (QED) is 0.905. The zero-order valence-corrected chi connectivity index (χ0v) is 12.2. The van der Waals surface area contributed by atoms with Gasteiger partial charge in [-0.05, 0) is 50.9 Å². The van der Waals surface area contributed by atoms with Crippen LogP contribution in [0.15, 0.2) is 18.2 Å². The lowest BCUT2D eigenvalue weighted by Crippen LogP contribution is -2.40. The second-order valence-electron chi connectivity index (χ2n) is 5.43. The summed E-state index contributed by atoms with van der Waals surface area (Å²) in [6, 6.07) is 6.33. The molecule has 2 nitrogen and oxygen atoms in total. The molecule has 1 aromatic rings. The fraction of sp³-hybridized carbons (Fsp3) is 0.600. The standard InChI is InChI=1S/C15H22ClNO/c1-11-4-5-13(14(16)8-11)9-15(10-17-3)6-7-18-12(15)2/h4-5,8,12,17H,6-7,9-10H2,1-3H3. The SMILES string of the molecule is CNCC1(Cc2ccc(C)cc2Cl)CCOC1C. The summed E-state index contributed by atoms with van der Waals surface area (Å²) in [4.78, 5) is 0. The van der Waals surface area contributed by atoms with Gasteiger partial charge in [0.05, 0.1) is 6.10 Å². The number of ether oxygens (including phenoxy) is 1. The largest absolute Gasteiger partial charge is 0.378 e. The van der Waals surface area contributed by atoms with Gasteiger partial charge in [0.2, 0.25) is 0 Å². The lowest BCUT2D eigenvalue weighted by Gasteiger charge is -2.32. The van der Waals surface area contributed by atoms with Gasteiger partial charge < -0.3 is 10.1 Å². The molecule has 2 unspecified atom stereocenters. The Morgan fingerprint density at radius 3 is 2.83 bits per heavy atom. The van der Waals surface area contributed by atoms with Gasteiger partial charge >= 0.3 is 0 Å². The maximum Gasteiger partial charge on any atom is 0.0619 e. The smallest absolute Gasteiger partial charge is 0.0619 e. The van der Waals surface area contributed by atoms with E-state index in [1.165, 1.54) is 11.1 Å². The minimum atomic E-state index is 0.174. The van der Waals surface area contributed by atoms with E-state index in [1.54, 1.807) is 0 Å². The Bertz CT molecular complexity index is 421. The van der Waals surface area contributed by atoms with Crippen molar-refractivity contribution in [2.75, 3.05) is 20.2 Å². The summed E-state index contributed by atoms with van der Waals surface area (Å²) in [7, 11) is 2.00. The van der Waals surface area contributed by atoms with Crippen molar-refractivity contribution in [3.63, 3.8) is 0 Å². The van der Waals surface area contributed by atoms with Gasteiger partial charge in [0.15, 0.2) is 0 Å². The normalized spacial score (nSPS) is 27.7. The van der Waals surface area contributed by atoms with E-state index in [2.05, 4.69) is 31.3 Å². The molecule has 1 N–H and O–H groups in total. The summed E-state index contributed by atoms with van der Waals surface area (Å²) in [5.41, 5.74) is 2.62. The predicted octanol–water partition coefficient (Wildman–Crippen LogP) is 3.21. The Morgan fingerprint density at radius 2 is 2.28 bits per heavy atom. The number of hydrogen-bond acceptors (Lipinski definition) is 2. The van der Waals surface area contributed by atoms with E-state index in [0.717, 1.165) is 31.0 Å². The topological polar surface area (TPSA) is 21.3 Å². The summed E-state index contributed by atoms with van der Waals surface area (Å²) in [5.74, 6) is 0. The van der Waals surface area contributed by atoms with Crippen LogP contribution in [0, 0.1) is 12.3 Å². The fourth-order valence-electron chi connectivity index (χ4n) is 2.87. The third-order valence-corrected chi connectivity index (χ3v) is 4.46. The number of benzene rings is 1. The van der Waals surface area contributed by atoms with Crippen molar-refractivity contribution in [1.82, 2.24) is 5.32 Å². The monoisotopic (exact) mass is 267 g/mol. The van der Waals surface area contributed by atoms with Gasteiger partial charge in [0.25, 0.3) is 0 Å². The summed E-state index contributed by atoms with van der Waals surface area (Å²) in [5, 5.41) is 4.19. The predicted molar refractivity (Wildman–Crippen MR) is 76.3 cm³/mol. The molecule has 1 aliphatic rings. The molecule has 3 heteroatoms. The Hall–Kier alpha value is -0.570. The van der Waals surface area contributed by atoms with Crippen LogP contribution < -0.4 is 5.32 Å². The molecule has 0 amide bonds. The molecule has 2 rings (SSSR count). The van der Waals surface area contributed by atoms with Gasteiger partial charge in [-0.2, -0.15) is 0 Å². The highest BCUT2D eigenvalue weighted by Crippen LogP contribution is 2.39. The third kappa shape index (κ3) is 2.71. The highest BCUT2D eigenvalue weighted by atomic mass is 35.5. The van der Waals surface area contributed by atoms with Gasteiger partial charge in [-0.15, -0.1) is 0 Å². The fourth-order valence-corrected chi connectivity index (χ4v) is 3.17. The Kier molecular flexibility index (Phi) is 4.31. The van der Waals surface area contributed by atoms with Crippen LogP contribution in [-0.2, 0) is 11.2 Å². The van der Waals surface area contributed by atoms with E-state index in [-0.39, 0.29) is 11.5 Å². The molecular formula is C15H22ClNO. The van der Waals surface area contributed by atoms with Crippen molar-refractivity contribution >= 4 is 11.6 Å². The molecule has 1 saturated heterocycles. The Morgan fingerprint density at radius 1 is 1.50 bits per heavy atom. The second kappa shape index (κ2) is 5.60. The Labute approximate surface area is 115 Å². The van der Waals surface area contributed by atoms with Crippen LogP contribution in [0.2, 0.25) is 5.02 Å². The summed E-state index contributed by atoms with van der Waals surface area (Å²) < 4.78 is 5.77. The molecule has 0 radical (unpaired) electrons. The van der Waals surface area contributed by atoms with E-state index < -0.39 is 0 Å². The molecule has 18 heavy (non-hydrogen) atoms. The number of nitrogens with one attached hydrogen (secondary N) is 1. The van der Waals surface area contributed by atoms with Crippen molar-refractivity contribution in [3.8, 4) is 0 Å². The van der Waals surface area contributed by atoms with E-state index >= 15 is 0 Å². The first-order valence-corrected chi connectivity index (χ1v) is 6.96. The van der Waals surface area contributed by atoms with E-state index in [0.29, 0.717) is 0 Å². The van der Waals surface area contributed by atoms with Crippen molar-refractivity contribution in [3.05, 3.63) is 34.3 Å². The van der Waals surface area contributed by atoms with Gasteiger partial charge in [-0.25, -0.2) is 0 Å². The number of halogens is 1. The first kappa shape index (κ1) is 13.9. The molecular weight excluding hydrogens is 246 g/mol. The van der Waals surface area contributed by atoms with Crippen LogP contribution in [0.5, 0.6) is 0 Å². The Balaban J connectivity index is 2.23. The zero-order valence-electron chi connectivity index (χ0n) is 11.4. The van der Waals surface area contributed by atoms with Gasteiger partial charge in [-0.1, -0.05) is 23.7 Å². The van der Waals surface area contributed by atoms with Crippen molar-refractivity contribution in [2.24, 2.45) is 5.41 Å². The molecule has 1 aliphatic heterocycles. The first-order chi connectivity index (χ1) is 8.57. The first-order valence-electron chi connectivity index (χ1n) is 6.59. The van der Waals surface area contributed by atoms with E-state index in [4.69, 9.17) is 16.3 Å². The van der Waals surface area contributed by atoms with Crippen LogP contribution in [-0.4, -0.2) is 26.3 Å². The summed E-state index contributed by atoms with van der Waals surface area (Å²) in [6.07, 6.45) is 2.36. The lowest BCUT2D eigenvalue weighted by molar-refractivity contribution is 0.0640. The van der Waals surface area contributed by atoms with E-state index in [9.17, 15) is 0 Å². The summed E-state index contributed by atoms with van der Waals surface area (Å²) in [6.45, 7) is 6.07. The molecule has 2 atom stereocenters. The highest BCUT2D eigenvalue weighted by Gasteiger charge is 2.41. The van der Waals surface area contributed by atoms with Crippen LogP contribution in [0.25, 0.3) is 0 Å². The average Bonchev–Trinajstić information content (AvgIpc) is 2.65. The number of hydrogen-bond donors (Lipinski definition) is 1. The van der Waals surface area contributed by atoms with Crippen LogP contribution in [0.4, 0.5) is 0 Å². The van der Waals surface area contributed by atoms with Crippen LogP contribution in [0.3, 0.4) is 0 Å². The molecule has 0 aliphatic carbocycles. The molecule has 0 bridgehead atoms. The van der Waals surface area contributed by atoms with Gasteiger partial charge in [0, 0.05) is 23.6 Å². The van der Waals surface area contributed by atoms with Crippen LogP contribution >= 0.6 is 11.6 Å². The van der Waals surface area contributed by atoms with Crippen molar-refractivity contribution < 1.29 is 4.74 Å². The maximum absolute atomic E-state index is 6.36. The molecule has 0 spiro atoms. The van der Waals surface area contributed by atoms with E-state index in [1.807, 2.05) is 13.1 Å². The summed E-state index contributed by atoms with van der Waals surface area (Å²) >= 11 is 6.36. The van der Waals surface area contributed by atoms with Crippen molar-refractivity contribution in [1.29, 1.82) is 0 Å². The highest BCUT2D eigenvalue weighted by molar-refractivity contribution is 6.31. The third-order valence-electron chi connectivity index (χ3n) is 4.11. The molecule has 0 aromatic heterocycles. The van der Waals surface area contributed by atoms with Gasteiger partial charge in [-0.3, -0.25) is 0 Å². The number of aryl methyl sites for hydroxylation is 1. The van der Waals surface area contributed by atoms with Crippen molar-refractivity contribution in [2.45, 2.75) is 32.8 Å². The molecule has 0 saturated carbocycles. The number of rotatable bonds is 4. The van der Waals surface area contributed by atoms with Gasteiger partial charge in [0.1, 0.15) is 0 Å². The van der Waals surface area contributed by atoms with Crippen LogP contribution in [0.1, 0.15) is 24.5 Å². The second-order valence-corrected chi connectivity index (χ2v) is 5.83. The zero-order chi connectivity index (χ0) is 13.2. The molecule has 1 aromatic carbocycles. The maximum atomic E-state index is 6.36. The molecule has 1 heterocycles. The molecule has 100 valence electrons. The minimum Gasteiger partial charge on any atom is -0.378 e. The average molecular weight is 268 g/mol. The lowest BCUT2D eigenvalue weighted by atomic mass is 9.76.